The van der Waals surface area contributed by atoms with Crippen LogP contribution in [0.25, 0.3) is 22.3 Å². The van der Waals surface area contributed by atoms with Crippen molar-refractivity contribution in [3.63, 3.8) is 0 Å². The van der Waals surface area contributed by atoms with E-state index in [9.17, 15) is 18.0 Å². The summed E-state index contributed by atoms with van der Waals surface area (Å²) in [6.07, 6.45) is -2.38. The molecule has 0 unspecified atom stereocenters. The van der Waals surface area contributed by atoms with Gasteiger partial charge in [0.05, 0.1) is 11.7 Å². The first kappa shape index (κ1) is 20.1. The number of aromatic amines is 1. The summed E-state index contributed by atoms with van der Waals surface area (Å²) in [4.78, 5) is 18.9. The summed E-state index contributed by atoms with van der Waals surface area (Å²) in [5, 5.41) is 10.1. The Bertz CT molecular complexity index is 1260. The van der Waals surface area contributed by atoms with Crippen LogP contribution in [0.2, 0.25) is 0 Å². The fourth-order valence-electron chi connectivity index (χ4n) is 2.86. The van der Waals surface area contributed by atoms with Crippen molar-refractivity contribution in [3.05, 3.63) is 60.4 Å². The Morgan fingerprint density at radius 2 is 2.00 bits per heavy atom. The van der Waals surface area contributed by atoms with Crippen molar-refractivity contribution in [1.82, 2.24) is 20.2 Å². The highest BCUT2D eigenvalue weighted by molar-refractivity contribution is 5.83. The lowest BCUT2D eigenvalue weighted by Crippen LogP contribution is -2.20. The summed E-state index contributed by atoms with van der Waals surface area (Å²) in [5.41, 5.74) is 5.61. The Labute approximate surface area is 173 Å². The van der Waals surface area contributed by atoms with Gasteiger partial charge in [-0.05, 0) is 30.3 Å². The number of benzene rings is 2. The average molecular weight is 428 g/mol. The number of aromatic nitrogens is 4. The number of ether oxygens (including phenoxy) is 1. The van der Waals surface area contributed by atoms with Crippen LogP contribution in [0.15, 0.2) is 54.9 Å². The quantitative estimate of drug-likeness (QED) is 0.431. The van der Waals surface area contributed by atoms with E-state index in [0.29, 0.717) is 17.0 Å². The van der Waals surface area contributed by atoms with E-state index >= 15 is 0 Å². The molecule has 0 radical (unpaired) electrons. The van der Waals surface area contributed by atoms with Crippen molar-refractivity contribution in [3.8, 4) is 17.1 Å². The van der Waals surface area contributed by atoms with Crippen LogP contribution < -0.4 is 15.8 Å². The van der Waals surface area contributed by atoms with Crippen LogP contribution >= 0.6 is 0 Å². The van der Waals surface area contributed by atoms with Gasteiger partial charge >= 0.3 is 6.18 Å². The second-order valence-corrected chi connectivity index (χ2v) is 6.53. The maximum Gasteiger partial charge on any atom is 0.421 e. The predicted octanol–water partition coefficient (Wildman–Crippen LogP) is 3.65. The van der Waals surface area contributed by atoms with Gasteiger partial charge in [0.25, 0.3) is 5.91 Å². The number of nitrogens with two attached hydrogens (primary N) is 1. The lowest BCUT2D eigenvalue weighted by molar-refractivity contribution is -0.137. The first-order chi connectivity index (χ1) is 14.8. The Morgan fingerprint density at radius 1 is 1.16 bits per heavy atom. The topological polar surface area (TPSA) is 119 Å². The maximum absolute atomic E-state index is 13.5. The van der Waals surface area contributed by atoms with Gasteiger partial charge in [-0.1, -0.05) is 12.1 Å². The monoisotopic (exact) mass is 428 g/mol. The molecule has 158 valence electrons. The largest absolute Gasteiger partial charge is 0.484 e. The Balaban J connectivity index is 1.71. The van der Waals surface area contributed by atoms with Crippen LogP contribution in [0.5, 0.6) is 5.75 Å². The van der Waals surface area contributed by atoms with Crippen LogP contribution in [0.1, 0.15) is 5.56 Å². The molecule has 8 nitrogen and oxygen atoms in total. The maximum atomic E-state index is 13.5. The molecule has 4 N–H and O–H groups in total. The summed E-state index contributed by atoms with van der Waals surface area (Å²) in [7, 11) is 0. The molecule has 0 spiro atoms. The third-order valence-electron chi connectivity index (χ3n) is 4.27. The molecule has 2 aromatic heterocycles. The zero-order chi connectivity index (χ0) is 22.0. The highest BCUT2D eigenvalue weighted by Gasteiger charge is 2.35. The smallest absolute Gasteiger partial charge is 0.421 e. The van der Waals surface area contributed by atoms with Gasteiger partial charge in [-0.2, -0.15) is 18.3 Å². The molecule has 0 bridgehead atoms. The number of anilines is 2. The standard InChI is InChI=1S/C20H15F3N6O2/c21-20(22,23)15-9-25-18(11-2-1-3-14(7-11)31-10-17(24)30)28-19(15)27-13-4-5-16-12(6-13)8-26-29-16/h1-9H,10H2,(H2,24,30)(H,26,29)(H,25,27,28). The molecule has 0 aliphatic heterocycles. The molecule has 0 saturated carbocycles. The number of hydrogen-bond donors (Lipinski definition) is 3. The summed E-state index contributed by atoms with van der Waals surface area (Å²) in [5.74, 6) is -0.704. The summed E-state index contributed by atoms with van der Waals surface area (Å²) >= 11 is 0. The molecule has 0 fully saturated rings. The van der Waals surface area contributed by atoms with Gasteiger partial charge < -0.3 is 15.8 Å². The lowest BCUT2D eigenvalue weighted by atomic mass is 10.2. The highest BCUT2D eigenvalue weighted by atomic mass is 19.4. The number of hydrogen-bond acceptors (Lipinski definition) is 6. The first-order valence-corrected chi connectivity index (χ1v) is 8.95. The van der Waals surface area contributed by atoms with Crippen molar-refractivity contribution in [1.29, 1.82) is 0 Å². The van der Waals surface area contributed by atoms with Gasteiger partial charge in [-0.25, -0.2) is 9.97 Å². The van der Waals surface area contributed by atoms with Crippen molar-refractivity contribution >= 4 is 28.3 Å². The zero-order valence-electron chi connectivity index (χ0n) is 15.8. The van der Waals surface area contributed by atoms with Crippen molar-refractivity contribution < 1.29 is 22.7 Å². The van der Waals surface area contributed by atoms with Crippen molar-refractivity contribution in [2.75, 3.05) is 11.9 Å². The van der Waals surface area contributed by atoms with Crippen molar-refractivity contribution in [2.45, 2.75) is 6.18 Å². The van der Waals surface area contributed by atoms with Gasteiger partial charge in [0, 0.05) is 22.8 Å². The SMILES string of the molecule is NC(=O)COc1cccc(-c2ncc(C(F)(F)F)c(Nc3ccc4[nH]ncc4c3)n2)c1. The number of carbonyl (C=O) groups excluding carboxylic acids is 1. The van der Waals surface area contributed by atoms with Gasteiger partial charge in [0.1, 0.15) is 17.1 Å². The minimum atomic E-state index is -4.66. The molecule has 4 aromatic rings. The van der Waals surface area contributed by atoms with E-state index in [-0.39, 0.29) is 12.4 Å². The molecule has 1 amide bonds. The summed E-state index contributed by atoms with van der Waals surface area (Å²) in [6, 6.07) is 11.3. The fourth-order valence-corrected chi connectivity index (χ4v) is 2.86. The van der Waals surface area contributed by atoms with E-state index in [1.165, 1.54) is 6.07 Å². The normalized spacial score (nSPS) is 11.5. The van der Waals surface area contributed by atoms with Crippen molar-refractivity contribution in [2.24, 2.45) is 5.73 Å². The predicted molar refractivity (Wildman–Crippen MR) is 107 cm³/mol. The third kappa shape index (κ3) is 4.55. The number of primary amides is 1. The number of fused-ring (bicyclic) bond motifs is 1. The molecule has 0 saturated heterocycles. The van der Waals surface area contributed by atoms with E-state index in [2.05, 4.69) is 25.5 Å². The van der Waals surface area contributed by atoms with Gasteiger partial charge in [0.2, 0.25) is 0 Å². The van der Waals surface area contributed by atoms with E-state index in [4.69, 9.17) is 10.5 Å². The Hall–Kier alpha value is -4.15. The first-order valence-electron chi connectivity index (χ1n) is 8.95. The van der Waals surface area contributed by atoms with E-state index in [1.807, 2.05) is 0 Å². The lowest BCUT2D eigenvalue weighted by Gasteiger charge is -2.15. The molecule has 0 atom stereocenters. The average Bonchev–Trinajstić information content (AvgIpc) is 3.19. The number of nitrogens with one attached hydrogen (secondary N) is 2. The third-order valence-corrected chi connectivity index (χ3v) is 4.27. The van der Waals surface area contributed by atoms with E-state index in [1.54, 1.807) is 42.6 Å². The fraction of sp³-hybridized carbons (Fsp3) is 0.100. The molecule has 4 rings (SSSR count). The van der Waals surface area contributed by atoms with E-state index in [0.717, 1.165) is 17.1 Å². The molecule has 11 heteroatoms. The second-order valence-electron chi connectivity index (χ2n) is 6.53. The molecule has 0 aliphatic carbocycles. The zero-order valence-corrected chi connectivity index (χ0v) is 15.8. The molecular weight excluding hydrogens is 413 g/mol. The van der Waals surface area contributed by atoms with Crippen LogP contribution in [-0.4, -0.2) is 32.7 Å². The molecule has 2 heterocycles. The molecule has 0 aliphatic rings. The van der Waals surface area contributed by atoms with Gasteiger partial charge in [-0.3, -0.25) is 9.89 Å². The second kappa shape index (κ2) is 7.94. The Kier molecular flexibility index (Phi) is 5.15. The van der Waals surface area contributed by atoms with Crippen LogP contribution in [0, 0.1) is 0 Å². The number of nitrogens with zero attached hydrogens (tertiary/aromatic N) is 3. The molecular formula is C20H15F3N6O2. The Morgan fingerprint density at radius 3 is 2.77 bits per heavy atom. The number of H-pyrrole nitrogens is 1. The van der Waals surface area contributed by atoms with Gasteiger partial charge in [-0.15, -0.1) is 0 Å². The van der Waals surface area contributed by atoms with Crippen LogP contribution in [-0.2, 0) is 11.0 Å². The number of carbonyl (C=O) groups is 1. The minimum Gasteiger partial charge on any atom is -0.484 e. The van der Waals surface area contributed by atoms with Crippen LogP contribution in [0.3, 0.4) is 0 Å². The van der Waals surface area contributed by atoms with Crippen LogP contribution in [0.4, 0.5) is 24.7 Å². The van der Waals surface area contributed by atoms with Gasteiger partial charge in [0.15, 0.2) is 12.4 Å². The molecule has 2 aromatic carbocycles. The molecule has 31 heavy (non-hydrogen) atoms. The highest BCUT2D eigenvalue weighted by Crippen LogP contribution is 2.36. The number of rotatable bonds is 6. The number of alkyl halides is 3. The minimum absolute atomic E-state index is 0.0458. The van der Waals surface area contributed by atoms with E-state index < -0.39 is 23.5 Å². The number of halogens is 3. The summed E-state index contributed by atoms with van der Waals surface area (Å²) in [6.45, 7) is -0.333. The number of amides is 1. The summed E-state index contributed by atoms with van der Waals surface area (Å²) < 4.78 is 45.8.